The SMILES string of the molecule is O=C(NCCCc1ccc(Cl)cc1)c1ccccc1Cl. The van der Waals surface area contributed by atoms with Crippen molar-refractivity contribution in [3.05, 3.63) is 69.7 Å². The Bertz CT molecular complexity index is 581. The lowest BCUT2D eigenvalue weighted by molar-refractivity contribution is 0.0953. The van der Waals surface area contributed by atoms with Gasteiger partial charge < -0.3 is 5.32 Å². The molecule has 0 saturated heterocycles. The second-order valence-corrected chi connectivity index (χ2v) is 5.31. The number of carbonyl (C=O) groups is 1. The van der Waals surface area contributed by atoms with Crippen LogP contribution >= 0.6 is 23.2 Å². The smallest absolute Gasteiger partial charge is 0.252 e. The highest BCUT2D eigenvalue weighted by molar-refractivity contribution is 6.33. The predicted molar refractivity (Wildman–Crippen MR) is 83.6 cm³/mol. The number of aryl methyl sites for hydroxylation is 1. The molecule has 0 aliphatic heterocycles. The van der Waals surface area contributed by atoms with Crippen molar-refractivity contribution >= 4 is 29.1 Å². The van der Waals surface area contributed by atoms with Gasteiger partial charge in [-0.15, -0.1) is 0 Å². The molecule has 0 unspecified atom stereocenters. The Labute approximate surface area is 128 Å². The maximum Gasteiger partial charge on any atom is 0.252 e. The van der Waals surface area contributed by atoms with Crippen molar-refractivity contribution in [3.8, 4) is 0 Å². The fourth-order valence-electron chi connectivity index (χ4n) is 1.89. The molecule has 2 aromatic carbocycles. The fourth-order valence-corrected chi connectivity index (χ4v) is 2.23. The monoisotopic (exact) mass is 307 g/mol. The molecule has 0 aromatic heterocycles. The maximum atomic E-state index is 11.9. The first-order valence-electron chi connectivity index (χ1n) is 6.44. The summed E-state index contributed by atoms with van der Waals surface area (Å²) in [7, 11) is 0. The molecule has 0 saturated carbocycles. The van der Waals surface area contributed by atoms with E-state index in [1.165, 1.54) is 5.56 Å². The average Bonchev–Trinajstić information content (AvgIpc) is 2.46. The van der Waals surface area contributed by atoms with Crippen LogP contribution in [-0.2, 0) is 6.42 Å². The van der Waals surface area contributed by atoms with E-state index in [4.69, 9.17) is 23.2 Å². The molecule has 0 aliphatic rings. The molecular formula is C16H15Cl2NO. The van der Waals surface area contributed by atoms with E-state index >= 15 is 0 Å². The standard InChI is InChI=1S/C16H15Cl2NO/c17-13-9-7-12(8-10-13)4-3-11-19-16(20)14-5-1-2-6-15(14)18/h1-2,5-10H,3-4,11H2,(H,19,20). The van der Waals surface area contributed by atoms with Gasteiger partial charge in [0.1, 0.15) is 0 Å². The first-order valence-corrected chi connectivity index (χ1v) is 7.19. The zero-order chi connectivity index (χ0) is 14.4. The summed E-state index contributed by atoms with van der Waals surface area (Å²) >= 11 is 11.8. The quantitative estimate of drug-likeness (QED) is 0.817. The first-order chi connectivity index (χ1) is 9.66. The summed E-state index contributed by atoms with van der Waals surface area (Å²) < 4.78 is 0. The van der Waals surface area contributed by atoms with Gasteiger partial charge in [0.25, 0.3) is 5.91 Å². The van der Waals surface area contributed by atoms with E-state index in [2.05, 4.69) is 5.32 Å². The van der Waals surface area contributed by atoms with Gasteiger partial charge in [0, 0.05) is 11.6 Å². The van der Waals surface area contributed by atoms with Crippen molar-refractivity contribution in [2.24, 2.45) is 0 Å². The molecule has 0 atom stereocenters. The molecule has 2 aromatic rings. The topological polar surface area (TPSA) is 29.1 Å². The van der Waals surface area contributed by atoms with E-state index < -0.39 is 0 Å². The zero-order valence-corrected chi connectivity index (χ0v) is 12.4. The van der Waals surface area contributed by atoms with E-state index in [0.717, 1.165) is 17.9 Å². The summed E-state index contributed by atoms with van der Waals surface area (Å²) in [4.78, 5) is 11.9. The Morgan fingerprint density at radius 3 is 2.40 bits per heavy atom. The number of amides is 1. The summed E-state index contributed by atoms with van der Waals surface area (Å²) in [5.74, 6) is -0.133. The molecule has 2 nitrogen and oxygen atoms in total. The van der Waals surface area contributed by atoms with Crippen molar-refractivity contribution in [1.29, 1.82) is 0 Å². The van der Waals surface area contributed by atoms with Gasteiger partial charge in [-0.25, -0.2) is 0 Å². The zero-order valence-electron chi connectivity index (χ0n) is 10.9. The van der Waals surface area contributed by atoms with Gasteiger partial charge in [-0.3, -0.25) is 4.79 Å². The number of carbonyl (C=O) groups excluding carboxylic acids is 1. The van der Waals surface area contributed by atoms with Crippen LogP contribution < -0.4 is 5.32 Å². The molecule has 1 amide bonds. The predicted octanol–water partition coefficient (Wildman–Crippen LogP) is 4.36. The molecular weight excluding hydrogens is 293 g/mol. The molecule has 1 N–H and O–H groups in total. The molecule has 20 heavy (non-hydrogen) atoms. The van der Waals surface area contributed by atoms with Crippen LogP contribution in [0.2, 0.25) is 10.0 Å². The van der Waals surface area contributed by atoms with Gasteiger partial charge in [-0.05, 0) is 42.7 Å². The van der Waals surface area contributed by atoms with E-state index in [1.807, 2.05) is 24.3 Å². The summed E-state index contributed by atoms with van der Waals surface area (Å²) in [6, 6.07) is 14.8. The molecule has 0 radical (unpaired) electrons. The fraction of sp³-hybridized carbons (Fsp3) is 0.188. The van der Waals surface area contributed by atoms with Gasteiger partial charge >= 0.3 is 0 Å². The van der Waals surface area contributed by atoms with Crippen LogP contribution in [0.1, 0.15) is 22.3 Å². The van der Waals surface area contributed by atoms with Crippen molar-refractivity contribution < 1.29 is 4.79 Å². The van der Waals surface area contributed by atoms with Crippen molar-refractivity contribution in [1.82, 2.24) is 5.32 Å². The number of halogens is 2. The highest BCUT2D eigenvalue weighted by Gasteiger charge is 2.08. The van der Waals surface area contributed by atoms with Crippen LogP contribution in [0.4, 0.5) is 0 Å². The molecule has 0 spiro atoms. The third kappa shape index (κ3) is 4.26. The second-order valence-electron chi connectivity index (χ2n) is 4.47. The van der Waals surface area contributed by atoms with Crippen LogP contribution in [0.25, 0.3) is 0 Å². The molecule has 4 heteroatoms. The minimum atomic E-state index is -0.133. The molecule has 2 rings (SSSR count). The normalized spacial score (nSPS) is 10.3. The number of hydrogen-bond acceptors (Lipinski definition) is 1. The Kier molecular flexibility index (Phi) is 5.45. The second kappa shape index (κ2) is 7.32. The van der Waals surface area contributed by atoms with Gasteiger partial charge in [0.2, 0.25) is 0 Å². The van der Waals surface area contributed by atoms with Crippen molar-refractivity contribution in [2.75, 3.05) is 6.54 Å². The van der Waals surface area contributed by atoms with Crippen LogP contribution in [0.15, 0.2) is 48.5 Å². The molecule has 0 aliphatic carbocycles. The van der Waals surface area contributed by atoms with Crippen LogP contribution in [0.3, 0.4) is 0 Å². The Balaban J connectivity index is 1.77. The maximum absolute atomic E-state index is 11.9. The van der Waals surface area contributed by atoms with Crippen LogP contribution in [0, 0.1) is 0 Å². The highest BCUT2D eigenvalue weighted by atomic mass is 35.5. The van der Waals surface area contributed by atoms with Crippen LogP contribution in [0.5, 0.6) is 0 Å². The average molecular weight is 308 g/mol. The number of benzene rings is 2. The highest BCUT2D eigenvalue weighted by Crippen LogP contribution is 2.14. The van der Waals surface area contributed by atoms with Gasteiger partial charge in [-0.2, -0.15) is 0 Å². The third-order valence-corrected chi connectivity index (χ3v) is 3.54. The molecule has 0 heterocycles. The Morgan fingerprint density at radius 1 is 1.00 bits per heavy atom. The number of rotatable bonds is 5. The van der Waals surface area contributed by atoms with Gasteiger partial charge in [0.15, 0.2) is 0 Å². The van der Waals surface area contributed by atoms with E-state index in [1.54, 1.807) is 24.3 Å². The van der Waals surface area contributed by atoms with E-state index in [0.29, 0.717) is 17.1 Å². The summed E-state index contributed by atoms with van der Waals surface area (Å²) in [6.07, 6.45) is 1.78. The lowest BCUT2D eigenvalue weighted by Gasteiger charge is -2.06. The minimum Gasteiger partial charge on any atom is -0.352 e. The van der Waals surface area contributed by atoms with Gasteiger partial charge in [-0.1, -0.05) is 47.5 Å². The summed E-state index contributed by atoms with van der Waals surface area (Å²) in [6.45, 7) is 0.618. The van der Waals surface area contributed by atoms with Crippen molar-refractivity contribution in [2.45, 2.75) is 12.8 Å². The summed E-state index contributed by atoms with van der Waals surface area (Å²) in [5.41, 5.74) is 1.72. The third-order valence-electron chi connectivity index (χ3n) is 2.96. The lowest BCUT2D eigenvalue weighted by Crippen LogP contribution is -2.25. The van der Waals surface area contributed by atoms with E-state index in [9.17, 15) is 4.79 Å². The number of hydrogen-bond donors (Lipinski definition) is 1. The molecule has 0 bridgehead atoms. The van der Waals surface area contributed by atoms with Crippen LogP contribution in [-0.4, -0.2) is 12.5 Å². The lowest BCUT2D eigenvalue weighted by atomic mass is 10.1. The largest absolute Gasteiger partial charge is 0.352 e. The summed E-state index contributed by atoms with van der Waals surface area (Å²) in [5, 5.41) is 4.08. The van der Waals surface area contributed by atoms with E-state index in [-0.39, 0.29) is 5.91 Å². The van der Waals surface area contributed by atoms with Crippen molar-refractivity contribution in [3.63, 3.8) is 0 Å². The molecule has 104 valence electrons. The molecule has 0 fully saturated rings. The Hall–Kier alpha value is -1.51. The van der Waals surface area contributed by atoms with Gasteiger partial charge in [0.05, 0.1) is 10.6 Å². The number of nitrogens with one attached hydrogen (secondary N) is 1. The first kappa shape index (κ1) is 14.9. The Morgan fingerprint density at radius 2 is 1.70 bits per heavy atom. The minimum absolute atomic E-state index is 0.133.